The minimum absolute atomic E-state index is 0.118. The summed E-state index contributed by atoms with van der Waals surface area (Å²) in [5, 5.41) is 10.5. The van der Waals surface area contributed by atoms with Gasteiger partial charge in [0.25, 0.3) is 0 Å². The van der Waals surface area contributed by atoms with Crippen LogP contribution in [0.3, 0.4) is 0 Å². The van der Waals surface area contributed by atoms with Crippen LogP contribution in [0, 0.1) is 0 Å². The Bertz CT molecular complexity index is 596. The van der Waals surface area contributed by atoms with E-state index in [-0.39, 0.29) is 11.5 Å². The second-order valence-corrected chi connectivity index (χ2v) is 7.65. The zero-order chi connectivity index (χ0) is 17.1. The fraction of sp³-hybridized carbons (Fsp3) is 0.667. The molecule has 0 amide bonds. The Morgan fingerprint density at radius 2 is 2.08 bits per heavy atom. The summed E-state index contributed by atoms with van der Waals surface area (Å²) in [7, 11) is 0. The molecule has 0 spiro atoms. The van der Waals surface area contributed by atoms with Gasteiger partial charge in [-0.1, -0.05) is 39.5 Å². The number of nitrogens with zero attached hydrogens (tertiary/aromatic N) is 1. The molecule has 2 atom stereocenters. The van der Waals surface area contributed by atoms with E-state index in [2.05, 4.69) is 24.8 Å². The monoisotopic (exact) mass is 329 g/mol. The maximum Gasteiger partial charge on any atom is 0.170 e. The van der Waals surface area contributed by atoms with Crippen LogP contribution in [-0.4, -0.2) is 23.5 Å². The van der Waals surface area contributed by atoms with Crippen molar-refractivity contribution >= 4 is 11.5 Å². The molecule has 3 rings (SSSR count). The lowest BCUT2D eigenvalue weighted by Crippen LogP contribution is -2.44. The first-order chi connectivity index (χ1) is 11.6. The molecule has 1 N–H and O–H groups in total. The number of fused-ring (bicyclic) bond motifs is 3. The molecule has 0 bridgehead atoms. The molecule has 3 nitrogen and oxygen atoms in total. The minimum atomic E-state index is 0.118. The Morgan fingerprint density at radius 1 is 1.25 bits per heavy atom. The summed E-state index contributed by atoms with van der Waals surface area (Å²) < 4.78 is 0. The molecule has 0 aliphatic carbocycles. The van der Waals surface area contributed by atoms with Crippen LogP contribution in [0.1, 0.15) is 93.5 Å². The molecule has 3 heteroatoms. The summed E-state index contributed by atoms with van der Waals surface area (Å²) in [4.78, 5) is 14.9. The van der Waals surface area contributed by atoms with E-state index < -0.39 is 0 Å². The van der Waals surface area contributed by atoms with Crippen LogP contribution < -0.4 is 4.90 Å². The SMILES string of the molecule is CCCCCC[C@H](C)c1cc(O)c2c(c1)N1CCCC[C@H]1CC2=O. The summed E-state index contributed by atoms with van der Waals surface area (Å²) in [5.41, 5.74) is 2.74. The van der Waals surface area contributed by atoms with Crippen LogP contribution in [0.5, 0.6) is 5.75 Å². The van der Waals surface area contributed by atoms with Gasteiger partial charge in [0.05, 0.1) is 11.3 Å². The number of unbranched alkanes of at least 4 members (excludes halogenated alkanes) is 3. The third-order valence-corrected chi connectivity index (χ3v) is 5.82. The van der Waals surface area contributed by atoms with E-state index in [9.17, 15) is 9.90 Å². The smallest absolute Gasteiger partial charge is 0.170 e. The minimum Gasteiger partial charge on any atom is -0.507 e. The average molecular weight is 329 g/mol. The summed E-state index contributed by atoms with van der Waals surface area (Å²) in [6, 6.07) is 4.37. The molecule has 24 heavy (non-hydrogen) atoms. The number of hydrogen-bond acceptors (Lipinski definition) is 3. The number of hydrogen-bond donors (Lipinski definition) is 1. The predicted octanol–water partition coefficient (Wildman–Crippen LogP) is 5.41. The van der Waals surface area contributed by atoms with Gasteiger partial charge < -0.3 is 10.0 Å². The number of benzene rings is 1. The third kappa shape index (κ3) is 3.45. The highest BCUT2D eigenvalue weighted by molar-refractivity contribution is 6.06. The molecule has 1 saturated heterocycles. The Hall–Kier alpha value is -1.51. The van der Waals surface area contributed by atoms with Gasteiger partial charge in [0.2, 0.25) is 0 Å². The summed E-state index contributed by atoms with van der Waals surface area (Å²) in [5.74, 6) is 0.739. The normalized spacial score (nSPS) is 21.3. The Labute approximate surface area is 146 Å². The molecular weight excluding hydrogens is 298 g/mol. The molecule has 1 aromatic carbocycles. The van der Waals surface area contributed by atoms with Crippen LogP contribution in [0.2, 0.25) is 0 Å². The van der Waals surface area contributed by atoms with Crippen LogP contribution in [0.4, 0.5) is 5.69 Å². The van der Waals surface area contributed by atoms with E-state index in [1.807, 2.05) is 6.07 Å². The van der Waals surface area contributed by atoms with Gasteiger partial charge in [-0.2, -0.15) is 0 Å². The number of aromatic hydroxyl groups is 1. The highest BCUT2D eigenvalue weighted by atomic mass is 16.3. The van der Waals surface area contributed by atoms with E-state index in [4.69, 9.17) is 0 Å². The molecule has 0 unspecified atom stereocenters. The molecule has 2 aliphatic heterocycles. The molecule has 0 aromatic heterocycles. The largest absolute Gasteiger partial charge is 0.507 e. The fourth-order valence-corrected chi connectivity index (χ4v) is 4.32. The molecule has 132 valence electrons. The van der Waals surface area contributed by atoms with Crippen molar-refractivity contribution in [1.29, 1.82) is 0 Å². The highest BCUT2D eigenvalue weighted by Gasteiger charge is 2.35. The molecule has 1 aromatic rings. The van der Waals surface area contributed by atoms with Gasteiger partial charge in [-0.25, -0.2) is 0 Å². The van der Waals surface area contributed by atoms with Crippen molar-refractivity contribution in [2.45, 2.75) is 83.6 Å². The zero-order valence-corrected chi connectivity index (χ0v) is 15.2. The second-order valence-electron chi connectivity index (χ2n) is 7.65. The van der Waals surface area contributed by atoms with Crippen LogP contribution >= 0.6 is 0 Å². The first-order valence-corrected chi connectivity index (χ1v) is 9.78. The lowest BCUT2D eigenvalue weighted by atomic mass is 9.85. The molecule has 0 radical (unpaired) electrons. The summed E-state index contributed by atoms with van der Waals surface area (Å²) in [6.45, 7) is 5.49. The first-order valence-electron chi connectivity index (χ1n) is 9.78. The number of ketones is 1. The van der Waals surface area contributed by atoms with Crippen molar-refractivity contribution in [3.05, 3.63) is 23.3 Å². The van der Waals surface area contributed by atoms with E-state index in [0.29, 0.717) is 23.9 Å². The van der Waals surface area contributed by atoms with Gasteiger partial charge in [0, 0.05) is 19.0 Å². The Morgan fingerprint density at radius 3 is 2.88 bits per heavy atom. The van der Waals surface area contributed by atoms with E-state index in [1.54, 1.807) is 0 Å². The van der Waals surface area contributed by atoms with Gasteiger partial charge in [-0.15, -0.1) is 0 Å². The standard InChI is InChI=1S/C21H31NO2/c1-3-4-5-6-9-15(2)16-12-18-21(19(23)13-16)20(24)14-17-10-7-8-11-22(17)18/h12-13,15,17,23H,3-11,14H2,1-2H3/t15-,17-/m0/s1. The predicted molar refractivity (Wildman–Crippen MR) is 99.2 cm³/mol. The lowest BCUT2D eigenvalue weighted by Gasteiger charge is -2.42. The number of phenolic OH excluding ortho intramolecular Hbond substituents is 1. The van der Waals surface area contributed by atoms with Crippen molar-refractivity contribution in [3.63, 3.8) is 0 Å². The van der Waals surface area contributed by atoms with Gasteiger partial charge in [0.15, 0.2) is 5.78 Å². The van der Waals surface area contributed by atoms with Crippen LogP contribution in [0.25, 0.3) is 0 Å². The number of piperidine rings is 1. The van der Waals surface area contributed by atoms with Crippen molar-refractivity contribution in [1.82, 2.24) is 0 Å². The number of rotatable bonds is 6. The number of Topliss-reactive ketones (excluding diaryl/α,β-unsaturated/α-hetero) is 1. The van der Waals surface area contributed by atoms with Crippen LogP contribution in [0.15, 0.2) is 12.1 Å². The molecule has 2 heterocycles. The third-order valence-electron chi connectivity index (χ3n) is 5.82. The Kier molecular flexibility index (Phi) is 5.47. The Balaban J connectivity index is 1.83. The quantitative estimate of drug-likeness (QED) is 0.709. The zero-order valence-electron chi connectivity index (χ0n) is 15.2. The molecule has 0 saturated carbocycles. The van der Waals surface area contributed by atoms with Crippen molar-refractivity contribution in [2.24, 2.45) is 0 Å². The van der Waals surface area contributed by atoms with E-state index in [0.717, 1.165) is 25.1 Å². The van der Waals surface area contributed by atoms with Gasteiger partial charge in [-0.3, -0.25) is 4.79 Å². The molecule has 2 aliphatic rings. The fourth-order valence-electron chi connectivity index (χ4n) is 4.32. The van der Waals surface area contributed by atoms with Gasteiger partial charge in [0.1, 0.15) is 5.75 Å². The highest BCUT2D eigenvalue weighted by Crippen LogP contribution is 2.42. The molecular formula is C21H31NO2. The van der Waals surface area contributed by atoms with Gasteiger partial charge in [-0.05, 0) is 49.3 Å². The topological polar surface area (TPSA) is 40.5 Å². The van der Waals surface area contributed by atoms with E-state index >= 15 is 0 Å². The van der Waals surface area contributed by atoms with Crippen molar-refractivity contribution < 1.29 is 9.90 Å². The van der Waals surface area contributed by atoms with Crippen molar-refractivity contribution in [2.75, 3.05) is 11.4 Å². The lowest BCUT2D eigenvalue weighted by molar-refractivity contribution is 0.0958. The van der Waals surface area contributed by atoms with Crippen molar-refractivity contribution in [3.8, 4) is 5.75 Å². The first kappa shape index (κ1) is 17.3. The maximum atomic E-state index is 12.5. The summed E-state index contributed by atoms with van der Waals surface area (Å²) in [6.07, 6.45) is 10.3. The number of phenols is 1. The molecule has 1 fully saturated rings. The number of anilines is 1. The average Bonchev–Trinajstić information content (AvgIpc) is 2.58. The van der Waals surface area contributed by atoms with E-state index in [1.165, 1.54) is 44.1 Å². The second kappa shape index (κ2) is 7.58. The maximum absolute atomic E-state index is 12.5. The van der Waals surface area contributed by atoms with Crippen LogP contribution in [-0.2, 0) is 0 Å². The number of carbonyl (C=O) groups excluding carboxylic acids is 1. The van der Waals surface area contributed by atoms with Gasteiger partial charge >= 0.3 is 0 Å². The number of carbonyl (C=O) groups is 1. The summed E-state index contributed by atoms with van der Waals surface area (Å²) >= 11 is 0.